The van der Waals surface area contributed by atoms with Crippen LogP contribution in [0.2, 0.25) is 0 Å². The minimum absolute atomic E-state index is 0.143. The fourth-order valence-electron chi connectivity index (χ4n) is 3.03. The van der Waals surface area contributed by atoms with Crippen LogP contribution in [0.15, 0.2) is 39.1 Å². The van der Waals surface area contributed by atoms with Crippen molar-refractivity contribution in [3.05, 3.63) is 45.3 Å². The Kier molecular flexibility index (Phi) is 7.16. The summed E-state index contributed by atoms with van der Waals surface area (Å²) in [6, 6.07) is 4.04. The number of allylic oxidation sites excluding steroid dienone is 2. The van der Waals surface area contributed by atoms with Crippen LogP contribution in [0.25, 0.3) is 0 Å². The summed E-state index contributed by atoms with van der Waals surface area (Å²) in [6.45, 7) is 3.68. The van der Waals surface area contributed by atoms with Gasteiger partial charge in [-0.1, -0.05) is 35.7 Å². The van der Waals surface area contributed by atoms with E-state index in [4.69, 9.17) is 12.2 Å². The molecule has 0 unspecified atom stereocenters. The van der Waals surface area contributed by atoms with E-state index in [9.17, 15) is 27.7 Å². The van der Waals surface area contributed by atoms with Gasteiger partial charge in [0.15, 0.2) is 0 Å². The zero-order valence-corrected chi connectivity index (χ0v) is 19.9. The molecule has 0 saturated carbocycles. The third kappa shape index (κ3) is 5.69. The predicted octanol–water partition coefficient (Wildman–Crippen LogP) is 1.49. The van der Waals surface area contributed by atoms with Gasteiger partial charge in [-0.25, -0.2) is 8.42 Å². The Bertz CT molecular complexity index is 1130. The summed E-state index contributed by atoms with van der Waals surface area (Å²) in [4.78, 5) is 27.4. The largest absolute Gasteiger partial charge is 0.748 e. The second-order valence-electron chi connectivity index (χ2n) is 6.94. The number of aliphatic carboxylic acids is 1. The molecular formula is C19H18N2O6S4-2. The summed E-state index contributed by atoms with van der Waals surface area (Å²) < 4.78 is 33.1. The van der Waals surface area contributed by atoms with E-state index in [-0.39, 0.29) is 15.6 Å². The first kappa shape index (κ1) is 23.8. The molecule has 2 aliphatic heterocycles. The van der Waals surface area contributed by atoms with E-state index in [0.29, 0.717) is 6.54 Å². The number of carbonyl (C=O) groups is 2. The average Bonchev–Trinajstić information content (AvgIpc) is 3.11. The van der Waals surface area contributed by atoms with Gasteiger partial charge in [-0.15, -0.1) is 0 Å². The van der Waals surface area contributed by atoms with Crippen LogP contribution in [-0.2, 0) is 19.7 Å². The van der Waals surface area contributed by atoms with Gasteiger partial charge in [0.25, 0.3) is 5.91 Å². The Morgan fingerprint density at radius 1 is 1.16 bits per heavy atom. The maximum Gasteiger partial charge on any atom is 0.266 e. The third-order valence-corrected chi connectivity index (χ3v) is 7.96. The van der Waals surface area contributed by atoms with E-state index >= 15 is 0 Å². The van der Waals surface area contributed by atoms with Crippen LogP contribution in [0.1, 0.15) is 17.5 Å². The molecular weight excluding hydrogens is 480 g/mol. The van der Waals surface area contributed by atoms with Crippen LogP contribution >= 0.6 is 35.7 Å². The minimum Gasteiger partial charge on any atom is -0.748 e. The lowest BCUT2D eigenvalue weighted by Crippen LogP contribution is -2.40. The molecule has 0 atom stereocenters. The van der Waals surface area contributed by atoms with Crippen molar-refractivity contribution in [1.29, 1.82) is 0 Å². The number of carboxylic acids is 1. The molecule has 0 aromatic heterocycles. The topological polar surface area (TPSA) is 121 Å². The molecule has 0 bridgehead atoms. The van der Waals surface area contributed by atoms with Crippen molar-refractivity contribution in [2.75, 3.05) is 23.7 Å². The van der Waals surface area contributed by atoms with E-state index in [2.05, 4.69) is 0 Å². The number of benzene rings is 1. The Labute approximate surface area is 194 Å². The van der Waals surface area contributed by atoms with E-state index in [1.165, 1.54) is 11.8 Å². The Hall–Kier alpha value is -1.86. The van der Waals surface area contributed by atoms with E-state index in [1.54, 1.807) is 12.2 Å². The highest BCUT2D eigenvalue weighted by atomic mass is 32.2. The number of thioether (sulfide) groups is 2. The number of anilines is 1. The molecule has 166 valence electrons. The van der Waals surface area contributed by atoms with Gasteiger partial charge in [0.1, 0.15) is 4.32 Å². The van der Waals surface area contributed by atoms with Gasteiger partial charge in [-0.3, -0.25) is 9.69 Å². The molecule has 1 saturated heterocycles. The fourth-order valence-corrected chi connectivity index (χ4v) is 5.88. The van der Waals surface area contributed by atoms with Gasteiger partial charge < -0.3 is 19.4 Å². The van der Waals surface area contributed by atoms with Crippen molar-refractivity contribution in [3.8, 4) is 0 Å². The number of nitrogens with zero attached hydrogens (tertiary/aromatic N) is 2. The SMILES string of the molecule is Cc1cc2c(cc1C)N(CCCS(=O)(=O)[O-])C(=CC=C1SC(=S)N(CC(=O)[O-])C1=O)S2. The molecule has 12 heteroatoms. The summed E-state index contributed by atoms with van der Waals surface area (Å²) in [5.74, 6) is -2.38. The minimum atomic E-state index is -4.32. The monoisotopic (exact) mass is 498 g/mol. The van der Waals surface area contributed by atoms with Crippen LogP contribution in [0.4, 0.5) is 5.69 Å². The molecule has 0 aliphatic carbocycles. The average molecular weight is 499 g/mol. The van der Waals surface area contributed by atoms with Gasteiger partial charge >= 0.3 is 0 Å². The number of aryl methyl sites for hydroxylation is 2. The Balaban J connectivity index is 1.88. The van der Waals surface area contributed by atoms with Crippen LogP contribution in [0.3, 0.4) is 0 Å². The summed E-state index contributed by atoms with van der Waals surface area (Å²) in [5.41, 5.74) is 3.09. The highest BCUT2D eigenvalue weighted by Gasteiger charge is 2.32. The van der Waals surface area contributed by atoms with E-state index in [1.807, 2.05) is 30.9 Å². The second-order valence-corrected chi connectivity index (χ2v) is 11.2. The number of carboxylic acid groups (broad SMARTS) is 1. The maximum atomic E-state index is 12.4. The van der Waals surface area contributed by atoms with Gasteiger partial charge in [0.2, 0.25) is 0 Å². The van der Waals surface area contributed by atoms with Crippen molar-refractivity contribution >= 4 is 67.7 Å². The van der Waals surface area contributed by atoms with Crippen molar-refractivity contribution in [2.45, 2.75) is 25.2 Å². The number of amides is 1. The van der Waals surface area contributed by atoms with Gasteiger partial charge in [0, 0.05) is 17.2 Å². The summed E-state index contributed by atoms with van der Waals surface area (Å²) in [7, 11) is -4.32. The lowest BCUT2D eigenvalue weighted by molar-refractivity contribution is -0.305. The molecule has 0 radical (unpaired) electrons. The molecule has 3 rings (SSSR count). The molecule has 2 aliphatic rings. The lowest BCUT2D eigenvalue weighted by atomic mass is 10.1. The smallest absolute Gasteiger partial charge is 0.266 e. The highest BCUT2D eigenvalue weighted by Crippen LogP contribution is 2.47. The maximum absolute atomic E-state index is 12.4. The first-order valence-electron chi connectivity index (χ1n) is 9.12. The molecule has 1 aromatic carbocycles. The lowest BCUT2D eigenvalue weighted by Gasteiger charge is -2.21. The van der Waals surface area contributed by atoms with Gasteiger partial charge in [-0.2, -0.15) is 0 Å². The number of hydrogen-bond acceptors (Lipinski definition) is 10. The van der Waals surface area contributed by atoms with Crippen LogP contribution < -0.4 is 10.0 Å². The Morgan fingerprint density at radius 3 is 2.48 bits per heavy atom. The van der Waals surface area contributed by atoms with Gasteiger partial charge in [0.05, 0.1) is 38.3 Å². The molecule has 0 N–H and O–H groups in total. The predicted molar refractivity (Wildman–Crippen MR) is 121 cm³/mol. The van der Waals surface area contributed by atoms with Crippen LogP contribution in [0.5, 0.6) is 0 Å². The zero-order valence-electron chi connectivity index (χ0n) is 16.6. The normalized spacial score (nSPS) is 19.1. The quantitative estimate of drug-likeness (QED) is 0.310. The van der Waals surface area contributed by atoms with Crippen molar-refractivity contribution in [2.24, 2.45) is 0 Å². The molecule has 1 aromatic rings. The molecule has 8 nitrogen and oxygen atoms in total. The number of rotatable bonds is 7. The number of hydrogen-bond donors (Lipinski definition) is 0. The van der Waals surface area contributed by atoms with Crippen molar-refractivity contribution < 1.29 is 27.7 Å². The number of carbonyl (C=O) groups excluding carboxylic acids is 2. The molecule has 31 heavy (non-hydrogen) atoms. The second kappa shape index (κ2) is 9.33. The van der Waals surface area contributed by atoms with Crippen molar-refractivity contribution in [3.63, 3.8) is 0 Å². The summed E-state index contributed by atoms with van der Waals surface area (Å²) in [5, 5.41) is 11.6. The molecule has 1 fully saturated rings. The van der Waals surface area contributed by atoms with Crippen molar-refractivity contribution in [1.82, 2.24) is 4.90 Å². The highest BCUT2D eigenvalue weighted by molar-refractivity contribution is 8.26. The van der Waals surface area contributed by atoms with E-state index < -0.39 is 34.3 Å². The molecule has 0 spiro atoms. The van der Waals surface area contributed by atoms with Gasteiger partial charge in [-0.05, 0) is 55.7 Å². The zero-order chi connectivity index (χ0) is 22.9. The molecule has 2 heterocycles. The number of thiocarbonyl (C=S) groups is 1. The van der Waals surface area contributed by atoms with Crippen LogP contribution in [-0.4, -0.2) is 52.9 Å². The summed E-state index contributed by atoms with van der Waals surface area (Å²) >= 11 is 7.54. The first-order valence-corrected chi connectivity index (χ1v) is 12.7. The van der Waals surface area contributed by atoms with E-state index in [0.717, 1.165) is 43.4 Å². The Morgan fingerprint density at radius 2 is 1.84 bits per heavy atom. The van der Waals surface area contributed by atoms with Crippen LogP contribution in [0, 0.1) is 13.8 Å². The summed E-state index contributed by atoms with van der Waals surface area (Å²) in [6.07, 6.45) is 3.44. The molecule has 1 amide bonds. The first-order chi connectivity index (χ1) is 14.5. The third-order valence-electron chi connectivity index (χ3n) is 4.66. The standard InChI is InChI=1S/C19H20N2O6S4/c1-11-8-13-15(9-12(11)2)29-16(20(13)6-3-7-31(25,26)27)5-4-14-18(24)21(10-17(22)23)19(28)30-14/h4-5,8-9H,3,6-7,10H2,1-2H3,(H,22,23)(H,25,26,27)/p-2. The fraction of sp³-hybridized carbons (Fsp3) is 0.316. The number of fused-ring (bicyclic) bond motifs is 1.